The summed E-state index contributed by atoms with van der Waals surface area (Å²) in [6.45, 7) is 7.85. The van der Waals surface area contributed by atoms with Crippen LogP contribution in [0.25, 0.3) is 4.85 Å². The van der Waals surface area contributed by atoms with Gasteiger partial charge in [-0.05, 0) is 23.1 Å². The summed E-state index contributed by atoms with van der Waals surface area (Å²) in [5.74, 6) is -5.27. The van der Waals surface area contributed by atoms with Crippen molar-refractivity contribution in [3.05, 3.63) is 58.2 Å². The van der Waals surface area contributed by atoms with Gasteiger partial charge in [0.15, 0.2) is 0 Å². The highest BCUT2D eigenvalue weighted by molar-refractivity contribution is 5.94. The average molecular weight is 513 g/mol. The Labute approximate surface area is 211 Å². The molecule has 3 amide bonds. The zero-order valence-electron chi connectivity index (χ0n) is 19.9. The van der Waals surface area contributed by atoms with Crippen molar-refractivity contribution in [2.24, 2.45) is 11.7 Å². The van der Waals surface area contributed by atoms with Gasteiger partial charge in [-0.3, -0.25) is 24.1 Å². The molecule has 11 nitrogen and oxygen atoms in total. The lowest BCUT2D eigenvalue weighted by molar-refractivity contribution is -0.135. The van der Waals surface area contributed by atoms with E-state index in [0.29, 0.717) is 31.9 Å². The van der Waals surface area contributed by atoms with Crippen molar-refractivity contribution in [2.75, 3.05) is 6.54 Å². The number of alkyl halides is 2. The highest BCUT2D eigenvalue weighted by atomic mass is 19.3. The molecule has 2 saturated heterocycles. The molecule has 0 saturated carbocycles. The third kappa shape index (κ3) is 4.89. The molecule has 0 unspecified atom stereocenters. The Hall–Kier alpha value is -3.92. The second-order valence-corrected chi connectivity index (χ2v) is 9.75. The second-order valence-electron chi connectivity index (χ2n) is 9.75. The van der Waals surface area contributed by atoms with E-state index in [0.717, 1.165) is 21.6 Å². The Morgan fingerprint density at radius 1 is 1.30 bits per heavy atom. The molecule has 5 rings (SSSR count). The monoisotopic (exact) mass is 512 g/mol. The van der Waals surface area contributed by atoms with Gasteiger partial charge in [0.05, 0.1) is 25.0 Å². The fourth-order valence-corrected chi connectivity index (χ4v) is 5.26. The predicted molar refractivity (Wildman–Crippen MR) is 124 cm³/mol. The second kappa shape index (κ2) is 9.51. The number of halogens is 2. The van der Waals surface area contributed by atoms with Crippen LogP contribution in [0.5, 0.6) is 0 Å². The Morgan fingerprint density at radius 3 is 2.84 bits per heavy atom. The number of nitrogens with zero attached hydrogens (tertiary/aromatic N) is 6. The number of amides is 3. The van der Waals surface area contributed by atoms with E-state index < -0.39 is 48.8 Å². The number of hydrogen-bond donors (Lipinski definition) is 2. The van der Waals surface area contributed by atoms with Gasteiger partial charge in [0.2, 0.25) is 11.8 Å². The van der Waals surface area contributed by atoms with Crippen LogP contribution in [-0.2, 0) is 40.6 Å². The normalized spacial score (nSPS) is 24.2. The molecular weight excluding hydrogens is 486 g/mol. The Kier molecular flexibility index (Phi) is 6.36. The molecule has 2 fully saturated rings. The standard InChI is InChI=1S/C24H26F2N8O3/c1-28-20-7-24(25,26)13-34(20)23(37)19-5-16(22(36)29-19)6-21(35)32-9-14-3-2-4-15(18(14)12-32)10-33-11-17(8-27)30-31-33/h2-4,11,16,19-20H,5-10,12-13,27H2,(H,29,36)/t16-,19-,20-/m0/s1. The third-order valence-electron chi connectivity index (χ3n) is 7.16. The van der Waals surface area contributed by atoms with Crippen molar-refractivity contribution in [2.45, 2.75) is 63.6 Å². The lowest BCUT2D eigenvalue weighted by Crippen LogP contribution is -2.46. The van der Waals surface area contributed by atoms with Crippen LogP contribution in [0.3, 0.4) is 0 Å². The van der Waals surface area contributed by atoms with E-state index in [-0.39, 0.29) is 18.7 Å². The summed E-state index contributed by atoms with van der Waals surface area (Å²) in [5, 5.41) is 10.6. The number of rotatable bonds is 6. The molecule has 3 aliphatic rings. The molecule has 0 radical (unpaired) electrons. The summed E-state index contributed by atoms with van der Waals surface area (Å²) in [4.78, 5) is 44.1. The molecule has 0 spiro atoms. The van der Waals surface area contributed by atoms with Crippen LogP contribution in [0.2, 0.25) is 0 Å². The highest BCUT2D eigenvalue weighted by Gasteiger charge is 2.53. The van der Waals surface area contributed by atoms with Gasteiger partial charge in [-0.25, -0.2) is 20.0 Å². The number of fused-ring (bicyclic) bond motifs is 1. The molecule has 3 N–H and O–H groups in total. The summed E-state index contributed by atoms with van der Waals surface area (Å²) in [7, 11) is 0. The molecule has 2 aromatic rings. The predicted octanol–water partition coefficient (Wildman–Crippen LogP) is 0.635. The minimum absolute atomic E-state index is 0.0258. The molecular formula is C24H26F2N8O3. The van der Waals surface area contributed by atoms with Gasteiger partial charge in [-0.1, -0.05) is 23.4 Å². The smallest absolute Gasteiger partial charge is 0.306 e. The van der Waals surface area contributed by atoms with Gasteiger partial charge in [0.25, 0.3) is 11.8 Å². The van der Waals surface area contributed by atoms with E-state index in [2.05, 4.69) is 20.5 Å². The van der Waals surface area contributed by atoms with Crippen LogP contribution < -0.4 is 11.1 Å². The Morgan fingerprint density at radius 2 is 2.11 bits per heavy atom. The number of likely N-dealkylation sites (tertiary alicyclic amines) is 1. The van der Waals surface area contributed by atoms with E-state index in [4.69, 9.17) is 12.3 Å². The quantitative estimate of drug-likeness (QED) is 0.546. The van der Waals surface area contributed by atoms with Crippen molar-refractivity contribution >= 4 is 17.7 Å². The first-order valence-corrected chi connectivity index (χ1v) is 12.0. The van der Waals surface area contributed by atoms with Crippen LogP contribution in [-0.4, -0.2) is 67.2 Å². The fourth-order valence-electron chi connectivity index (χ4n) is 5.26. The number of hydrogen-bond acceptors (Lipinski definition) is 6. The highest BCUT2D eigenvalue weighted by Crippen LogP contribution is 2.34. The van der Waals surface area contributed by atoms with Gasteiger partial charge < -0.3 is 16.0 Å². The number of benzene rings is 1. The minimum atomic E-state index is -3.13. The molecule has 0 bridgehead atoms. The molecule has 13 heteroatoms. The van der Waals surface area contributed by atoms with Crippen LogP contribution in [0.15, 0.2) is 24.4 Å². The molecule has 37 heavy (non-hydrogen) atoms. The zero-order chi connectivity index (χ0) is 26.3. The third-order valence-corrected chi connectivity index (χ3v) is 7.16. The molecule has 3 atom stereocenters. The molecule has 1 aromatic carbocycles. The van der Waals surface area contributed by atoms with Gasteiger partial charge in [-0.2, -0.15) is 0 Å². The van der Waals surface area contributed by atoms with Crippen LogP contribution >= 0.6 is 0 Å². The largest absolute Gasteiger partial charge is 0.344 e. The molecule has 3 aliphatic heterocycles. The summed E-state index contributed by atoms with van der Waals surface area (Å²) < 4.78 is 29.2. The number of carbonyl (C=O) groups excluding carboxylic acids is 3. The Balaban J connectivity index is 1.21. The minimum Gasteiger partial charge on any atom is -0.344 e. The number of nitrogens with one attached hydrogen (secondary N) is 1. The first-order chi connectivity index (χ1) is 17.7. The van der Waals surface area contributed by atoms with E-state index in [1.165, 1.54) is 0 Å². The number of carbonyl (C=O) groups is 3. The van der Waals surface area contributed by atoms with E-state index in [1.54, 1.807) is 15.8 Å². The Bertz CT molecular complexity index is 1290. The maximum atomic E-state index is 13.8. The van der Waals surface area contributed by atoms with Crippen molar-refractivity contribution in [3.63, 3.8) is 0 Å². The fraction of sp³-hybridized carbons (Fsp3) is 0.500. The van der Waals surface area contributed by atoms with Gasteiger partial charge in [0, 0.05) is 32.0 Å². The zero-order valence-corrected chi connectivity index (χ0v) is 19.9. The van der Waals surface area contributed by atoms with Crippen LogP contribution in [0, 0.1) is 12.5 Å². The van der Waals surface area contributed by atoms with Gasteiger partial charge >= 0.3 is 6.17 Å². The maximum Gasteiger partial charge on any atom is 0.306 e. The summed E-state index contributed by atoms with van der Waals surface area (Å²) in [6.07, 6.45) is -0.260. The maximum absolute atomic E-state index is 13.8. The first-order valence-electron chi connectivity index (χ1n) is 12.0. The molecule has 0 aliphatic carbocycles. The number of aromatic nitrogens is 3. The summed E-state index contributed by atoms with van der Waals surface area (Å²) >= 11 is 0. The van der Waals surface area contributed by atoms with Crippen molar-refractivity contribution in [3.8, 4) is 0 Å². The molecule has 1 aromatic heterocycles. The van der Waals surface area contributed by atoms with E-state index in [9.17, 15) is 23.2 Å². The van der Waals surface area contributed by atoms with Crippen LogP contribution in [0.1, 0.15) is 41.6 Å². The topological polar surface area (TPSA) is 131 Å². The lowest BCUT2D eigenvalue weighted by Gasteiger charge is -2.20. The SMILES string of the molecule is [C-]#[N+][C@@H]1CC(F)(F)CN1C(=O)[C@@H]1C[C@@H](CC(=O)N2Cc3cccc(Cn4cc(CN)nn4)c3C2)C(=O)N1. The first kappa shape index (κ1) is 24.8. The van der Waals surface area contributed by atoms with Gasteiger partial charge in [-0.15, -0.1) is 5.10 Å². The van der Waals surface area contributed by atoms with E-state index >= 15 is 0 Å². The number of nitrogens with two attached hydrogens (primary N) is 1. The van der Waals surface area contributed by atoms with Crippen molar-refractivity contribution < 1.29 is 23.2 Å². The van der Waals surface area contributed by atoms with Crippen molar-refractivity contribution in [1.29, 1.82) is 0 Å². The summed E-state index contributed by atoms with van der Waals surface area (Å²) in [6, 6.07) is 4.82. The average Bonchev–Trinajstić information content (AvgIpc) is 3.64. The molecule has 194 valence electrons. The molecule has 4 heterocycles. The van der Waals surface area contributed by atoms with Crippen LogP contribution in [0.4, 0.5) is 8.78 Å². The van der Waals surface area contributed by atoms with Crippen molar-refractivity contribution in [1.82, 2.24) is 30.1 Å². The van der Waals surface area contributed by atoms with Gasteiger partial charge in [0.1, 0.15) is 12.5 Å². The lowest BCUT2D eigenvalue weighted by atomic mass is 9.99. The van der Waals surface area contributed by atoms with E-state index in [1.807, 2.05) is 18.2 Å². The summed E-state index contributed by atoms with van der Waals surface area (Å²) in [5.41, 5.74) is 9.31.